The molecule has 0 aliphatic rings. The van der Waals surface area contributed by atoms with Crippen molar-refractivity contribution in [2.45, 2.75) is 19.6 Å². The van der Waals surface area contributed by atoms with E-state index in [-0.39, 0.29) is 18.6 Å². The third-order valence-electron chi connectivity index (χ3n) is 3.40. The highest BCUT2D eigenvalue weighted by atomic mass is 79.9. The first-order chi connectivity index (χ1) is 11.1. The van der Waals surface area contributed by atoms with Gasteiger partial charge < -0.3 is 14.8 Å². The number of ether oxygens (including phenoxy) is 2. The lowest BCUT2D eigenvalue weighted by atomic mass is 10.1. The Morgan fingerprint density at radius 2 is 1.96 bits per heavy atom. The Hall–Kier alpha value is -1.85. The van der Waals surface area contributed by atoms with Gasteiger partial charge in [0.05, 0.1) is 24.2 Å². The van der Waals surface area contributed by atoms with Gasteiger partial charge in [-0.15, -0.1) is 0 Å². The normalized spacial score (nSPS) is 11.8. The molecule has 0 saturated carbocycles. The first kappa shape index (κ1) is 17.5. The summed E-state index contributed by atoms with van der Waals surface area (Å²) in [6.07, 6.45) is 0. The summed E-state index contributed by atoms with van der Waals surface area (Å²) >= 11 is 3.45. The molecule has 4 nitrogen and oxygen atoms in total. The summed E-state index contributed by atoms with van der Waals surface area (Å²) in [5.74, 6) is 0.624. The van der Waals surface area contributed by atoms with Crippen LogP contribution in [-0.4, -0.2) is 19.6 Å². The van der Waals surface area contributed by atoms with Crippen molar-refractivity contribution in [1.29, 1.82) is 0 Å². The van der Waals surface area contributed by atoms with Crippen LogP contribution in [0.25, 0.3) is 0 Å². The minimum Gasteiger partial charge on any atom is -0.496 e. The van der Waals surface area contributed by atoms with Gasteiger partial charge in [-0.25, -0.2) is 0 Å². The number of benzene rings is 2. The summed E-state index contributed by atoms with van der Waals surface area (Å²) in [6.45, 7) is 2.40. The minimum absolute atomic E-state index is 0.0383. The van der Waals surface area contributed by atoms with Crippen molar-refractivity contribution in [2.24, 2.45) is 0 Å². The average molecular weight is 378 g/mol. The van der Waals surface area contributed by atoms with E-state index >= 15 is 0 Å². The van der Waals surface area contributed by atoms with E-state index in [0.29, 0.717) is 6.61 Å². The van der Waals surface area contributed by atoms with Crippen molar-refractivity contribution in [2.75, 3.05) is 13.7 Å². The molecule has 0 bridgehead atoms. The molecule has 122 valence electrons. The Morgan fingerprint density at radius 1 is 1.22 bits per heavy atom. The standard InChI is InChI=1S/C18H20BrNO3/c1-13(15-8-9-17(22-2)16(19)10-15)20-18(21)12-23-11-14-6-4-3-5-7-14/h3-10,13H,11-12H2,1-2H3,(H,20,21). The molecule has 0 aromatic heterocycles. The van der Waals surface area contributed by atoms with Crippen LogP contribution in [0.2, 0.25) is 0 Å². The minimum atomic E-state index is -0.139. The molecule has 1 amide bonds. The molecule has 2 aromatic rings. The molecule has 5 heteroatoms. The summed E-state index contributed by atoms with van der Waals surface area (Å²) in [5.41, 5.74) is 2.04. The molecule has 0 fully saturated rings. The summed E-state index contributed by atoms with van der Waals surface area (Å²) < 4.78 is 11.5. The first-order valence-corrected chi connectivity index (χ1v) is 8.14. The lowest BCUT2D eigenvalue weighted by Gasteiger charge is -2.15. The molecule has 0 aliphatic heterocycles. The predicted molar refractivity (Wildman–Crippen MR) is 93.3 cm³/mol. The van der Waals surface area contributed by atoms with Crippen LogP contribution >= 0.6 is 15.9 Å². The maximum atomic E-state index is 12.0. The molecule has 1 atom stereocenters. The maximum Gasteiger partial charge on any atom is 0.246 e. The molecule has 0 saturated heterocycles. The monoisotopic (exact) mass is 377 g/mol. The summed E-state index contributed by atoms with van der Waals surface area (Å²) in [4.78, 5) is 12.0. The van der Waals surface area contributed by atoms with Crippen molar-refractivity contribution in [3.05, 3.63) is 64.1 Å². The SMILES string of the molecule is COc1ccc(C(C)NC(=O)COCc2ccccc2)cc1Br. The van der Waals surface area contributed by atoms with Crippen molar-refractivity contribution in [1.82, 2.24) is 5.32 Å². The van der Waals surface area contributed by atoms with Crippen LogP contribution in [0.15, 0.2) is 53.0 Å². The van der Waals surface area contributed by atoms with E-state index in [1.807, 2.05) is 55.5 Å². The van der Waals surface area contributed by atoms with E-state index in [1.54, 1.807) is 7.11 Å². The van der Waals surface area contributed by atoms with Crippen molar-refractivity contribution >= 4 is 21.8 Å². The highest BCUT2D eigenvalue weighted by Crippen LogP contribution is 2.27. The number of methoxy groups -OCH3 is 1. The van der Waals surface area contributed by atoms with Crippen molar-refractivity contribution in [3.63, 3.8) is 0 Å². The molecule has 0 spiro atoms. The van der Waals surface area contributed by atoms with Gasteiger partial charge in [-0.1, -0.05) is 36.4 Å². The third-order valence-corrected chi connectivity index (χ3v) is 4.02. The average Bonchev–Trinajstić information content (AvgIpc) is 2.55. The number of hydrogen-bond acceptors (Lipinski definition) is 3. The Bertz CT molecular complexity index is 646. The quantitative estimate of drug-likeness (QED) is 0.796. The maximum absolute atomic E-state index is 12.0. The van der Waals surface area contributed by atoms with Crippen molar-refractivity contribution in [3.8, 4) is 5.75 Å². The van der Waals surface area contributed by atoms with Crippen LogP contribution in [0.1, 0.15) is 24.1 Å². The smallest absolute Gasteiger partial charge is 0.246 e. The number of nitrogens with one attached hydrogen (secondary N) is 1. The Kier molecular flexibility index (Phi) is 6.62. The highest BCUT2D eigenvalue weighted by Gasteiger charge is 2.11. The van der Waals surface area contributed by atoms with Gasteiger partial charge in [0.25, 0.3) is 0 Å². The topological polar surface area (TPSA) is 47.6 Å². The Balaban J connectivity index is 1.81. The van der Waals surface area contributed by atoms with Gasteiger partial charge in [0, 0.05) is 0 Å². The van der Waals surface area contributed by atoms with E-state index in [4.69, 9.17) is 9.47 Å². The molecule has 23 heavy (non-hydrogen) atoms. The lowest BCUT2D eigenvalue weighted by Crippen LogP contribution is -2.30. The fourth-order valence-electron chi connectivity index (χ4n) is 2.15. The highest BCUT2D eigenvalue weighted by molar-refractivity contribution is 9.10. The number of halogens is 1. The largest absolute Gasteiger partial charge is 0.496 e. The van der Waals surface area contributed by atoms with Gasteiger partial charge in [0.1, 0.15) is 12.4 Å². The Labute approximate surface area is 144 Å². The molecule has 1 N–H and O–H groups in total. The predicted octanol–water partition coefficient (Wildman–Crippen LogP) is 3.85. The number of rotatable bonds is 7. The van der Waals surface area contributed by atoms with Gasteiger partial charge in [-0.2, -0.15) is 0 Å². The van der Waals surface area contributed by atoms with Crippen molar-refractivity contribution < 1.29 is 14.3 Å². The molecule has 2 rings (SSSR count). The van der Waals surface area contributed by atoms with Gasteiger partial charge in [-0.3, -0.25) is 4.79 Å². The zero-order valence-corrected chi connectivity index (χ0v) is 14.8. The van der Waals surface area contributed by atoms with Crippen LogP contribution in [0.3, 0.4) is 0 Å². The van der Waals surface area contributed by atoms with Gasteiger partial charge in [0.2, 0.25) is 5.91 Å². The van der Waals surface area contributed by atoms with Gasteiger partial charge >= 0.3 is 0 Å². The van der Waals surface area contributed by atoms with Gasteiger partial charge in [0.15, 0.2) is 0 Å². The van der Waals surface area contributed by atoms with E-state index in [1.165, 1.54) is 0 Å². The number of amides is 1. The second kappa shape index (κ2) is 8.70. The fraction of sp³-hybridized carbons (Fsp3) is 0.278. The van der Waals surface area contributed by atoms with Crippen LogP contribution < -0.4 is 10.1 Å². The number of carbonyl (C=O) groups is 1. The molecule has 0 heterocycles. The zero-order valence-electron chi connectivity index (χ0n) is 13.2. The molecular formula is C18H20BrNO3. The number of carbonyl (C=O) groups excluding carboxylic acids is 1. The molecule has 1 unspecified atom stereocenters. The van der Waals surface area contributed by atoms with E-state index in [0.717, 1.165) is 21.3 Å². The number of hydrogen-bond donors (Lipinski definition) is 1. The van der Waals surface area contributed by atoms with Crippen LogP contribution in [0, 0.1) is 0 Å². The second-order valence-corrected chi connectivity index (χ2v) is 6.02. The first-order valence-electron chi connectivity index (χ1n) is 7.34. The van der Waals surface area contributed by atoms with Crippen LogP contribution in [-0.2, 0) is 16.1 Å². The fourth-order valence-corrected chi connectivity index (χ4v) is 2.71. The second-order valence-electron chi connectivity index (χ2n) is 5.16. The summed E-state index contributed by atoms with van der Waals surface area (Å²) in [6, 6.07) is 15.4. The van der Waals surface area contributed by atoms with Crippen LogP contribution in [0.4, 0.5) is 0 Å². The molecule has 0 radical (unpaired) electrons. The van der Waals surface area contributed by atoms with Crippen LogP contribution in [0.5, 0.6) is 5.75 Å². The summed E-state index contributed by atoms with van der Waals surface area (Å²) in [5, 5.41) is 2.92. The lowest BCUT2D eigenvalue weighted by molar-refractivity contribution is -0.126. The third kappa shape index (κ3) is 5.37. The van der Waals surface area contributed by atoms with Gasteiger partial charge in [-0.05, 0) is 46.1 Å². The molecule has 2 aromatic carbocycles. The molecular weight excluding hydrogens is 358 g/mol. The molecule has 0 aliphatic carbocycles. The Morgan fingerprint density at radius 3 is 2.61 bits per heavy atom. The summed E-state index contributed by atoms with van der Waals surface area (Å²) in [7, 11) is 1.62. The van der Waals surface area contributed by atoms with E-state index < -0.39 is 0 Å². The van der Waals surface area contributed by atoms with E-state index in [9.17, 15) is 4.79 Å². The van der Waals surface area contributed by atoms with E-state index in [2.05, 4.69) is 21.2 Å². The zero-order chi connectivity index (χ0) is 16.7.